The average molecular weight is 658 g/mol. The second-order valence-electron chi connectivity index (χ2n) is 12.4. The normalized spacial score (nSPS) is 11.6. The van der Waals surface area contributed by atoms with Gasteiger partial charge in [0.1, 0.15) is 11.2 Å². The zero-order valence-corrected chi connectivity index (χ0v) is 27.6. The molecule has 0 saturated carbocycles. The Labute approximate surface area is 292 Å². The van der Waals surface area contributed by atoms with Crippen LogP contribution in [-0.4, -0.2) is 15.0 Å². The van der Waals surface area contributed by atoms with Crippen molar-refractivity contribution in [1.82, 2.24) is 15.0 Å². The van der Waals surface area contributed by atoms with E-state index in [2.05, 4.69) is 114 Å². The summed E-state index contributed by atoms with van der Waals surface area (Å²) in [5.74, 6) is 0.645. The van der Waals surface area contributed by atoms with Crippen LogP contribution in [0.2, 0.25) is 0 Å². The molecule has 234 valence electrons. The van der Waals surface area contributed by atoms with Gasteiger partial charge in [-0.1, -0.05) is 97.1 Å². The van der Waals surface area contributed by atoms with Gasteiger partial charge in [-0.15, -0.1) is 11.3 Å². The Hall–Kier alpha value is -6.43. The van der Waals surface area contributed by atoms with Crippen LogP contribution in [0.1, 0.15) is 0 Å². The highest BCUT2D eigenvalue weighted by atomic mass is 32.1. The maximum Gasteiger partial charge on any atom is 0.161 e. The monoisotopic (exact) mass is 657 g/mol. The highest BCUT2D eigenvalue weighted by Gasteiger charge is 2.21. The van der Waals surface area contributed by atoms with E-state index < -0.39 is 0 Å². The van der Waals surface area contributed by atoms with Gasteiger partial charge in [0.15, 0.2) is 5.82 Å². The second kappa shape index (κ2) is 11.6. The standard InChI is InChI=1S/C45H27N3OS/c1-2-11-28(12-3-1)38-27-39(31-14-10-13-30(25-31)37-17-8-9-24-46-37)48-45(47-38)35-22-21-32(44-43(35)34-16-4-6-18-40(34)49-44)29-20-23-42-36(26-29)33-15-5-7-19-41(33)50-42/h1-27H. The van der Waals surface area contributed by atoms with Crippen LogP contribution in [0.5, 0.6) is 0 Å². The molecule has 0 bridgehead atoms. The molecule has 0 spiro atoms. The van der Waals surface area contributed by atoms with Gasteiger partial charge in [-0.05, 0) is 66.2 Å². The van der Waals surface area contributed by atoms with E-state index in [9.17, 15) is 0 Å². The molecule has 4 heterocycles. The number of rotatable bonds is 5. The average Bonchev–Trinajstić information content (AvgIpc) is 3.77. The molecule has 4 nitrogen and oxygen atoms in total. The van der Waals surface area contributed by atoms with Crippen molar-refractivity contribution in [3.63, 3.8) is 0 Å². The number of hydrogen-bond donors (Lipinski definition) is 0. The first-order chi connectivity index (χ1) is 24.8. The number of furan rings is 1. The Bertz CT molecular complexity index is 2870. The fraction of sp³-hybridized carbons (Fsp3) is 0. The molecule has 0 N–H and O–H groups in total. The lowest BCUT2D eigenvalue weighted by atomic mass is 9.96. The Morgan fingerprint density at radius 1 is 0.440 bits per heavy atom. The zero-order valence-electron chi connectivity index (χ0n) is 26.7. The Morgan fingerprint density at radius 3 is 2.00 bits per heavy atom. The van der Waals surface area contributed by atoms with Gasteiger partial charge in [0, 0.05) is 65.0 Å². The third-order valence-electron chi connectivity index (χ3n) is 9.37. The topological polar surface area (TPSA) is 51.8 Å². The summed E-state index contributed by atoms with van der Waals surface area (Å²) in [7, 11) is 0. The van der Waals surface area contributed by atoms with E-state index in [1.807, 2.05) is 66.1 Å². The first-order valence-electron chi connectivity index (χ1n) is 16.6. The van der Waals surface area contributed by atoms with Crippen molar-refractivity contribution >= 4 is 53.4 Å². The van der Waals surface area contributed by atoms with Crippen LogP contribution in [0.25, 0.3) is 98.4 Å². The molecule has 0 fully saturated rings. The predicted molar refractivity (Wildman–Crippen MR) is 207 cm³/mol. The van der Waals surface area contributed by atoms with Crippen molar-refractivity contribution in [2.75, 3.05) is 0 Å². The van der Waals surface area contributed by atoms with E-state index >= 15 is 0 Å². The number of nitrogens with zero attached hydrogens (tertiary/aromatic N) is 3. The number of aromatic nitrogens is 3. The molecule has 0 aliphatic carbocycles. The molecule has 0 radical (unpaired) electrons. The van der Waals surface area contributed by atoms with Crippen molar-refractivity contribution in [2.24, 2.45) is 0 Å². The fourth-order valence-electron chi connectivity index (χ4n) is 6.98. The molecule has 0 atom stereocenters. The molecule has 6 aromatic carbocycles. The van der Waals surface area contributed by atoms with Gasteiger partial charge in [0.25, 0.3) is 0 Å². The summed E-state index contributed by atoms with van der Waals surface area (Å²) in [6.45, 7) is 0. The number of fused-ring (bicyclic) bond motifs is 6. The Morgan fingerprint density at radius 2 is 1.14 bits per heavy atom. The summed E-state index contributed by atoms with van der Waals surface area (Å²) < 4.78 is 9.28. The number of thiophene rings is 1. The molecular weight excluding hydrogens is 631 g/mol. The van der Waals surface area contributed by atoms with Crippen LogP contribution in [0.3, 0.4) is 0 Å². The van der Waals surface area contributed by atoms with Crippen LogP contribution in [-0.2, 0) is 0 Å². The number of pyridine rings is 1. The number of benzene rings is 6. The predicted octanol–water partition coefficient (Wildman–Crippen LogP) is 12.5. The summed E-state index contributed by atoms with van der Waals surface area (Å²) in [6.07, 6.45) is 1.82. The minimum Gasteiger partial charge on any atom is -0.455 e. The highest BCUT2D eigenvalue weighted by molar-refractivity contribution is 7.25. The lowest BCUT2D eigenvalue weighted by molar-refractivity contribution is 0.670. The van der Waals surface area contributed by atoms with Crippen LogP contribution in [0.4, 0.5) is 0 Å². The highest BCUT2D eigenvalue weighted by Crippen LogP contribution is 2.43. The zero-order chi connectivity index (χ0) is 33.0. The van der Waals surface area contributed by atoms with Crippen LogP contribution in [0.15, 0.2) is 168 Å². The minimum atomic E-state index is 0.645. The molecule has 10 aromatic rings. The molecule has 0 aliphatic rings. The smallest absolute Gasteiger partial charge is 0.161 e. The van der Waals surface area contributed by atoms with E-state index in [1.165, 1.54) is 20.2 Å². The second-order valence-corrected chi connectivity index (χ2v) is 13.5. The number of hydrogen-bond acceptors (Lipinski definition) is 5. The molecule has 0 unspecified atom stereocenters. The van der Waals surface area contributed by atoms with Gasteiger partial charge in [-0.3, -0.25) is 4.98 Å². The molecule has 10 rings (SSSR count). The van der Waals surface area contributed by atoms with Crippen LogP contribution in [0, 0.1) is 0 Å². The van der Waals surface area contributed by atoms with Crippen molar-refractivity contribution in [3.05, 3.63) is 164 Å². The third-order valence-corrected chi connectivity index (χ3v) is 10.5. The van der Waals surface area contributed by atoms with Crippen molar-refractivity contribution in [1.29, 1.82) is 0 Å². The van der Waals surface area contributed by atoms with E-state index in [1.54, 1.807) is 0 Å². The van der Waals surface area contributed by atoms with E-state index in [0.717, 1.165) is 72.4 Å². The molecule has 5 heteroatoms. The quantitative estimate of drug-likeness (QED) is 0.185. The van der Waals surface area contributed by atoms with Gasteiger partial charge < -0.3 is 4.42 Å². The molecule has 4 aromatic heterocycles. The van der Waals surface area contributed by atoms with Gasteiger partial charge in [-0.25, -0.2) is 9.97 Å². The van der Waals surface area contributed by atoms with Crippen LogP contribution >= 0.6 is 11.3 Å². The van der Waals surface area contributed by atoms with Gasteiger partial charge >= 0.3 is 0 Å². The van der Waals surface area contributed by atoms with Gasteiger partial charge in [0.2, 0.25) is 0 Å². The van der Waals surface area contributed by atoms with E-state index in [-0.39, 0.29) is 0 Å². The Balaban J connectivity index is 1.20. The summed E-state index contributed by atoms with van der Waals surface area (Å²) >= 11 is 1.83. The SMILES string of the molecule is c1ccc(-c2cc(-c3cccc(-c4ccccn4)c3)nc(-c3ccc(-c4ccc5sc6ccccc6c5c4)c4oc5ccccc5c34)n2)cc1. The molecule has 0 saturated heterocycles. The van der Waals surface area contributed by atoms with Crippen molar-refractivity contribution in [2.45, 2.75) is 0 Å². The maximum absolute atomic E-state index is 6.72. The Kier molecular flexibility index (Phi) is 6.64. The molecule has 0 amide bonds. The fourth-order valence-corrected chi connectivity index (χ4v) is 8.07. The lowest BCUT2D eigenvalue weighted by Gasteiger charge is -2.12. The minimum absolute atomic E-state index is 0.645. The summed E-state index contributed by atoms with van der Waals surface area (Å²) in [4.78, 5) is 15.1. The first-order valence-corrected chi connectivity index (χ1v) is 17.4. The molecule has 0 aliphatic heterocycles. The van der Waals surface area contributed by atoms with Gasteiger partial charge in [-0.2, -0.15) is 0 Å². The molecule has 50 heavy (non-hydrogen) atoms. The first kappa shape index (κ1) is 28.6. The van der Waals surface area contributed by atoms with Gasteiger partial charge in [0.05, 0.1) is 17.1 Å². The number of para-hydroxylation sites is 1. The van der Waals surface area contributed by atoms with Crippen molar-refractivity contribution < 1.29 is 4.42 Å². The largest absolute Gasteiger partial charge is 0.455 e. The molecular formula is C45H27N3OS. The maximum atomic E-state index is 6.72. The van der Waals surface area contributed by atoms with E-state index in [4.69, 9.17) is 14.4 Å². The van der Waals surface area contributed by atoms with Crippen molar-refractivity contribution in [3.8, 4) is 56.3 Å². The summed E-state index contributed by atoms with van der Waals surface area (Å²) in [5, 5.41) is 4.58. The summed E-state index contributed by atoms with van der Waals surface area (Å²) in [5.41, 5.74) is 10.4. The lowest BCUT2D eigenvalue weighted by Crippen LogP contribution is -1.97. The summed E-state index contributed by atoms with van der Waals surface area (Å²) in [6, 6.07) is 54.7. The van der Waals surface area contributed by atoms with Crippen LogP contribution < -0.4 is 0 Å². The third kappa shape index (κ3) is 4.79. The van der Waals surface area contributed by atoms with E-state index in [0.29, 0.717) is 5.82 Å².